The second-order valence-corrected chi connectivity index (χ2v) is 3.38. The molecular weight excluding hydrogens is 216 g/mol. The molecule has 0 aliphatic rings. The zero-order chi connectivity index (χ0) is 12.1. The minimum absolute atomic E-state index is 0.0894. The summed E-state index contributed by atoms with van der Waals surface area (Å²) < 4.78 is 4.81. The van der Waals surface area contributed by atoms with E-state index < -0.39 is 5.97 Å². The molecule has 0 fully saturated rings. The summed E-state index contributed by atoms with van der Waals surface area (Å²) >= 11 is 0. The number of carbonyl (C=O) groups is 1. The first-order chi connectivity index (χ1) is 8.31. The van der Waals surface area contributed by atoms with E-state index in [-0.39, 0.29) is 5.82 Å². The Kier molecular flexibility index (Phi) is 3.45. The highest BCUT2D eigenvalue weighted by atomic mass is 16.5. The Hall–Kier alpha value is -2.23. The molecule has 4 heteroatoms. The topological polar surface area (TPSA) is 52.1 Å². The number of carbonyl (C=O) groups excluding carboxylic acids is 1. The molecule has 1 heterocycles. The molecule has 2 rings (SSSR count). The minimum atomic E-state index is -0.493. The van der Waals surface area contributed by atoms with E-state index in [1.165, 1.54) is 0 Å². The summed E-state index contributed by atoms with van der Waals surface area (Å²) in [4.78, 5) is 19.3. The van der Waals surface area contributed by atoms with E-state index in [1.54, 1.807) is 19.3 Å². The molecule has 0 radical (unpaired) electrons. The summed E-state index contributed by atoms with van der Waals surface area (Å²) in [5, 5.41) is 0. The molecule has 2 aromatic rings. The monoisotopic (exact) mass is 228 g/mol. The fourth-order valence-corrected chi connectivity index (χ4v) is 1.41. The molecule has 17 heavy (non-hydrogen) atoms. The Bertz CT molecular complexity index is 495. The van der Waals surface area contributed by atoms with Gasteiger partial charge in [0, 0.05) is 18.0 Å². The van der Waals surface area contributed by atoms with Gasteiger partial charge in [0.15, 0.2) is 0 Å². The molecule has 0 N–H and O–H groups in total. The van der Waals surface area contributed by atoms with Gasteiger partial charge in [0.25, 0.3) is 0 Å². The predicted molar refractivity (Wildman–Crippen MR) is 63.4 cm³/mol. The van der Waals surface area contributed by atoms with Gasteiger partial charge < -0.3 is 4.74 Å². The Labute approximate surface area is 99.3 Å². The van der Waals surface area contributed by atoms with Crippen LogP contribution in [0.2, 0.25) is 0 Å². The van der Waals surface area contributed by atoms with Crippen molar-refractivity contribution < 1.29 is 9.53 Å². The van der Waals surface area contributed by atoms with Gasteiger partial charge in [-0.15, -0.1) is 0 Å². The smallest absolute Gasteiger partial charge is 0.376 e. The Morgan fingerprint density at radius 2 is 1.76 bits per heavy atom. The van der Waals surface area contributed by atoms with Crippen LogP contribution in [0.15, 0.2) is 42.7 Å². The maximum Gasteiger partial charge on any atom is 0.376 e. The molecule has 0 aliphatic heterocycles. The summed E-state index contributed by atoms with van der Waals surface area (Å²) in [6.07, 6.45) is 3.24. The molecule has 0 spiro atoms. The molecule has 0 atom stereocenters. The first-order valence-corrected chi connectivity index (χ1v) is 5.36. The first kappa shape index (κ1) is 11.3. The normalized spacial score (nSPS) is 9.94. The highest BCUT2D eigenvalue weighted by molar-refractivity contribution is 5.85. The molecule has 1 aromatic carbocycles. The van der Waals surface area contributed by atoms with Crippen molar-refractivity contribution in [2.24, 2.45) is 0 Å². The molecule has 0 saturated heterocycles. The van der Waals surface area contributed by atoms with E-state index in [0.29, 0.717) is 6.61 Å². The molecule has 0 bridgehead atoms. The van der Waals surface area contributed by atoms with E-state index in [0.717, 1.165) is 11.1 Å². The van der Waals surface area contributed by atoms with Crippen LogP contribution in [0.3, 0.4) is 0 Å². The van der Waals surface area contributed by atoms with Crippen molar-refractivity contribution in [3.63, 3.8) is 0 Å². The molecule has 0 aliphatic carbocycles. The molecule has 0 amide bonds. The van der Waals surface area contributed by atoms with Crippen molar-refractivity contribution in [1.29, 1.82) is 0 Å². The number of hydrogen-bond donors (Lipinski definition) is 0. The SMILES string of the molecule is CCOC(=O)c1ncc(-c2ccccc2)cn1. The third-order valence-electron chi connectivity index (χ3n) is 2.22. The Morgan fingerprint density at radius 1 is 1.12 bits per heavy atom. The maximum absolute atomic E-state index is 11.3. The van der Waals surface area contributed by atoms with Gasteiger partial charge in [-0.25, -0.2) is 14.8 Å². The second kappa shape index (κ2) is 5.21. The van der Waals surface area contributed by atoms with Gasteiger partial charge in [0.1, 0.15) is 0 Å². The van der Waals surface area contributed by atoms with Gasteiger partial charge >= 0.3 is 5.97 Å². The van der Waals surface area contributed by atoms with Gasteiger partial charge in [0.2, 0.25) is 5.82 Å². The van der Waals surface area contributed by atoms with E-state index in [4.69, 9.17) is 4.74 Å². The summed E-state index contributed by atoms with van der Waals surface area (Å²) in [6, 6.07) is 9.74. The van der Waals surface area contributed by atoms with Crippen LogP contribution in [0, 0.1) is 0 Å². The number of nitrogens with zero attached hydrogens (tertiary/aromatic N) is 2. The van der Waals surface area contributed by atoms with Crippen molar-refractivity contribution >= 4 is 5.97 Å². The molecular formula is C13H12N2O2. The number of ether oxygens (including phenoxy) is 1. The second-order valence-electron chi connectivity index (χ2n) is 3.38. The fraction of sp³-hybridized carbons (Fsp3) is 0.154. The molecule has 86 valence electrons. The van der Waals surface area contributed by atoms with E-state index in [1.807, 2.05) is 30.3 Å². The minimum Gasteiger partial charge on any atom is -0.460 e. The summed E-state index contributed by atoms with van der Waals surface area (Å²) in [7, 11) is 0. The third kappa shape index (κ3) is 2.66. The molecule has 0 saturated carbocycles. The van der Waals surface area contributed by atoms with Crippen LogP contribution >= 0.6 is 0 Å². The highest BCUT2D eigenvalue weighted by Gasteiger charge is 2.09. The maximum atomic E-state index is 11.3. The zero-order valence-corrected chi connectivity index (χ0v) is 9.46. The number of esters is 1. The molecule has 0 unspecified atom stereocenters. The van der Waals surface area contributed by atoms with Crippen LogP contribution in [0.5, 0.6) is 0 Å². The zero-order valence-electron chi connectivity index (χ0n) is 9.46. The lowest BCUT2D eigenvalue weighted by atomic mass is 10.1. The lowest BCUT2D eigenvalue weighted by molar-refractivity contribution is 0.0512. The van der Waals surface area contributed by atoms with E-state index in [2.05, 4.69) is 9.97 Å². The van der Waals surface area contributed by atoms with Crippen LogP contribution in [0.1, 0.15) is 17.5 Å². The van der Waals surface area contributed by atoms with E-state index >= 15 is 0 Å². The van der Waals surface area contributed by atoms with Crippen LogP contribution in [0.4, 0.5) is 0 Å². The van der Waals surface area contributed by atoms with Crippen LogP contribution in [-0.4, -0.2) is 22.5 Å². The van der Waals surface area contributed by atoms with Crippen LogP contribution < -0.4 is 0 Å². The van der Waals surface area contributed by atoms with Gasteiger partial charge in [-0.05, 0) is 12.5 Å². The Morgan fingerprint density at radius 3 is 2.35 bits per heavy atom. The van der Waals surface area contributed by atoms with Crippen molar-refractivity contribution in [1.82, 2.24) is 9.97 Å². The highest BCUT2D eigenvalue weighted by Crippen LogP contribution is 2.16. The lowest BCUT2D eigenvalue weighted by Crippen LogP contribution is -2.09. The summed E-state index contributed by atoms with van der Waals surface area (Å²) in [5.41, 5.74) is 1.89. The van der Waals surface area contributed by atoms with Gasteiger partial charge in [-0.1, -0.05) is 30.3 Å². The number of aromatic nitrogens is 2. The Balaban J connectivity index is 2.22. The van der Waals surface area contributed by atoms with Crippen molar-refractivity contribution in [3.05, 3.63) is 48.5 Å². The first-order valence-electron chi connectivity index (χ1n) is 5.36. The average Bonchev–Trinajstić information content (AvgIpc) is 2.40. The van der Waals surface area contributed by atoms with Crippen molar-refractivity contribution in [2.45, 2.75) is 6.92 Å². The van der Waals surface area contributed by atoms with Gasteiger partial charge in [0.05, 0.1) is 6.61 Å². The number of benzene rings is 1. The third-order valence-corrected chi connectivity index (χ3v) is 2.22. The van der Waals surface area contributed by atoms with Crippen molar-refractivity contribution in [3.8, 4) is 11.1 Å². The lowest BCUT2D eigenvalue weighted by Gasteiger charge is -2.02. The van der Waals surface area contributed by atoms with Crippen molar-refractivity contribution in [2.75, 3.05) is 6.61 Å². The number of hydrogen-bond acceptors (Lipinski definition) is 4. The predicted octanol–water partition coefficient (Wildman–Crippen LogP) is 2.32. The quantitative estimate of drug-likeness (QED) is 0.756. The summed E-state index contributed by atoms with van der Waals surface area (Å²) in [5.74, 6) is -0.404. The average molecular weight is 228 g/mol. The van der Waals surface area contributed by atoms with Crippen LogP contribution in [0.25, 0.3) is 11.1 Å². The van der Waals surface area contributed by atoms with E-state index in [9.17, 15) is 4.79 Å². The van der Waals surface area contributed by atoms with Gasteiger partial charge in [-0.3, -0.25) is 0 Å². The molecule has 1 aromatic heterocycles. The number of rotatable bonds is 3. The summed E-state index contributed by atoms with van der Waals surface area (Å²) in [6.45, 7) is 2.07. The molecule has 4 nitrogen and oxygen atoms in total. The fourth-order valence-electron chi connectivity index (χ4n) is 1.41. The largest absolute Gasteiger partial charge is 0.460 e. The van der Waals surface area contributed by atoms with Gasteiger partial charge in [-0.2, -0.15) is 0 Å². The standard InChI is InChI=1S/C13H12N2O2/c1-2-17-13(16)12-14-8-11(9-15-12)10-6-4-3-5-7-10/h3-9H,2H2,1H3. The van der Waals surface area contributed by atoms with Crippen LogP contribution in [-0.2, 0) is 4.74 Å².